The van der Waals surface area contributed by atoms with Crippen LogP contribution in [0, 0.1) is 0 Å². The van der Waals surface area contributed by atoms with E-state index in [0.717, 1.165) is 61.0 Å². The lowest BCUT2D eigenvalue weighted by molar-refractivity contribution is 0.369. The normalized spacial score (nSPS) is 19.7. The van der Waals surface area contributed by atoms with E-state index in [0.29, 0.717) is 24.8 Å². The van der Waals surface area contributed by atoms with Crippen molar-refractivity contribution in [1.82, 2.24) is 10.6 Å². The van der Waals surface area contributed by atoms with Gasteiger partial charge < -0.3 is 24.8 Å². The molecule has 1 aliphatic carbocycles. The minimum Gasteiger partial charge on any atom is -0.496 e. The van der Waals surface area contributed by atoms with Crippen molar-refractivity contribution in [3.05, 3.63) is 17.7 Å². The van der Waals surface area contributed by atoms with Gasteiger partial charge in [-0.15, -0.1) is 24.0 Å². The maximum Gasteiger partial charge on any atom is 0.191 e. The number of nitrogens with zero attached hydrogens (tertiary/aromatic N) is 1. The zero-order chi connectivity index (χ0) is 21.9. The molecule has 0 heterocycles. The van der Waals surface area contributed by atoms with Crippen LogP contribution in [-0.2, 0) is 17.2 Å². The molecule has 0 spiro atoms. The van der Waals surface area contributed by atoms with Crippen LogP contribution in [-0.4, -0.2) is 61.6 Å². The highest BCUT2D eigenvalue weighted by Gasteiger charge is 2.26. The van der Waals surface area contributed by atoms with E-state index in [1.807, 2.05) is 19.1 Å². The highest BCUT2D eigenvalue weighted by Crippen LogP contribution is 2.34. The van der Waals surface area contributed by atoms with Crippen molar-refractivity contribution in [3.63, 3.8) is 0 Å². The van der Waals surface area contributed by atoms with E-state index in [9.17, 15) is 4.21 Å². The monoisotopic (exact) mass is 567 g/mol. The smallest absolute Gasteiger partial charge is 0.191 e. The Kier molecular flexibility index (Phi) is 13.2. The lowest BCUT2D eigenvalue weighted by Gasteiger charge is -2.30. The first-order chi connectivity index (χ1) is 14.6. The maximum absolute atomic E-state index is 12.2. The molecule has 178 valence electrons. The fourth-order valence-corrected chi connectivity index (χ4v) is 5.22. The number of nitrogens with one attached hydrogen (secondary N) is 2. The lowest BCUT2D eigenvalue weighted by Crippen LogP contribution is -2.46. The molecule has 3 unspecified atom stereocenters. The number of halogens is 1. The minimum atomic E-state index is -0.732. The van der Waals surface area contributed by atoms with Crippen LogP contribution in [0.3, 0.4) is 0 Å². The standard InChI is InChI=1S/C22H37N3O4S.HI/c1-6-23-22(25-16-9-8-10-18(13-16)30(26)7-2)24-12-11-19-20(28-4)14-17(27-3)15-21(19)29-5;/h14-16,18H,6-13H2,1-5H3,(H2,23,24,25);1H. The molecule has 7 nitrogen and oxygen atoms in total. The summed E-state index contributed by atoms with van der Waals surface area (Å²) in [6.45, 7) is 5.44. The van der Waals surface area contributed by atoms with E-state index in [2.05, 4.69) is 17.6 Å². The van der Waals surface area contributed by atoms with Gasteiger partial charge in [0.25, 0.3) is 0 Å². The third-order valence-electron chi connectivity index (χ3n) is 5.42. The van der Waals surface area contributed by atoms with Crippen molar-refractivity contribution in [2.24, 2.45) is 4.99 Å². The van der Waals surface area contributed by atoms with Gasteiger partial charge in [0.15, 0.2) is 5.96 Å². The van der Waals surface area contributed by atoms with E-state index in [4.69, 9.17) is 19.2 Å². The van der Waals surface area contributed by atoms with Crippen LogP contribution in [0.25, 0.3) is 0 Å². The summed E-state index contributed by atoms with van der Waals surface area (Å²) in [5.74, 6) is 3.70. The molecule has 0 saturated heterocycles. The molecule has 1 aromatic carbocycles. The fraction of sp³-hybridized carbons (Fsp3) is 0.682. The zero-order valence-corrected chi connectivity index (χ0v) is 22.5. The van der Waals surface area contributed by atoms with Crippen LogP contribution in [0.5, 0.6) is 17.2 Å². The van der Waals surface area contributed by atoms with Crippen molar-refractivity contribution in [3.8, 4) is 17.2 Å². The summed E-state index contributed by atoms with van der Waals surface area (Å²) in [4.78, 5) is 4.76. The second kappa shape index (κ2) is 14.8. The van der Waals surface area contributed by atoms with Crippen molar-refractivity contribution in [1.29, 1.82) is 0 Å². The molecular formula is C22H38IN3O4S. The number of guanidine groups is 1. The first kappa shape index (κ1) is 27.8. The summed E-state index contributed by atoms with van der Waals surface area (Å²) in [6.07, 6.45) is 4.87. The Bertz CT molecular complexity index is 708. The summed E-state index contributed by atoms with van der Waals surface area (Å²) >= 11 is 0. The van der Waals surface area contributed by atoms with Crippen molar-refractivity contribution < 1.29 is 18.4 Å². The van der Waals surface area contributed by atoms with Gasteiger partial charge in [0, 0.05) is 58.6 Å². The molecule has 1 aromatic rings. The number of benzene rings is 1. The Hall–Kier alpha value is -1.23. The molecule has 0 amide bonds. The van der Waals surface area contributed by atoms with Crippen molar-refractivity contribution in [2.75, 3.05) is 40.2 Å². The van der Waals surface area contributed by atoms with Gasteiger partial charge in [-0.25, -0.2) is 0 Å². The third-order valence-corrected chi connectivity index (χ3v) is 7.16. The number of ether oxygens (including phenoxy) is 3. The summed E-state index contributed by atoms with van der Waals surface area (Å²) in [7, 11) is 4.18. The van der Waals surface area contributed by atoms with Crippen LogP contribution in [0.15, 0.2) is 17.1 Å². The average Bonchev–Trinajstić information content (AvgIpc) is 2.78. The first-order valence-corrected chi connectivity index (χ1v) is 12.1. The van der Waals surface area contributed by atoms with E-state index in [1.165, 1.54) is 0 Å². The van der Waals surface area contributed by atoms with Gasteiger partial charge in [-0.2, -0.15) is 0 Å². The van der Waals surface area contributed by atoms with Gasteiger partial charge >= 0.3 is 0 Å². The molecule has 2 rings (SSSR count). The topological polar surface area (TPSA) is 81.2 Å². The van der Waals surface area contributed by atoms with Crippen LogP contribution in [0.2, 0.25) is 0 Å². The molecule has 0 aliphatic heterocycles. The fourth-order valence-electron chi connectivity index (χ4n) is 3.87. The predicted octanol–water partition coefficient (Wildman–Crippen LogP) is 3.51. The van der Waals surface area contributed by atoms with E-state index < -0.39 is 10.8 Å². The summed E-state index contributed by atoms with van der Waals surface area (Å²) < 4.78 is 28.6. The molecule has 1 aliphatic rings. The molecule has 1 fully saturated rings. The molecule has 2 N–H and O–H groups in total. The van der Waals surface area contributed by atoms with E-state index >= 15 is 0 Å². The molecule has 9 heteroatoms. The largest absolute Gasteiger partial charge is 0.496 e. The SMILES string of the molecule is CCNC(=NCCc1c(OC)cc(OC)cc1OC)NC1CCCC(S(=O)CC)C1.I. The minimum absolute atomic E-state index is 0. The van der Waals surface area contributed by atoms with Gasteiger partial charge in [0.1, 0.15) is 17.2 Å². The van der Waals surface area contributed by atoms with Crippen LogP contribution < -0.4 is 24.8 Å². The van der Waals surface area contributed by atoms with Crippen molar-refractivity contribution >= 4 is 40.7 Å². The van der Waals surface area contributed by atoms with Crippen LogP contribution in [0.1, 0.15) is 45.1 Å². The highest BCUT2D eigenvalue weighted by atomic mass is 127. The number of hydrogen-bond donors (Lipinski definition) is 2. The first-order valence-electron chi connectivity index (χ1n) is 10.8. The van der Waals surface area contributed by atoms with Gasteiger partial charge in [-0.05, 0) is 32.6 Å². The molecule has 1 saturated carbocycles. The molecule has 0 radical (unpaired) electrons. The van der Waals surface area contributed by atoms with Gasteiger partial charge in [0.2, 0.25) is 0 Å². The third kappa shape index (κ3) is 8.32. The summed E-state index contributed by atoms with van der Waals surface area (Å²) in [6, 6.07) is 4.03. The number of rotatable bonds is 10. The highest BCUT2D eigenvalue weighted by molar-refractivity contribution is 14.0. The lowest BCUT2D eigenvalue weighted by atomic mass is 9.95. The number of hydrogen-bond acceptors (Lipinski definition) is 5. The van der Waals surface area contributed by atoms with Gasteiger partial charge in [-0.1, -0.05) is 13.3 Å². The maximum atomic E-state index is 12.2. The molecule has 0 bridgehead atoms. The Morgan fingerprint density at radius 1 is 1.13 bits per heavy atom. The second-order valence-electron chi connectivity index (χ2n) is 7.32. The summed E-state index contributed by atoms with van der Waals surface area (Å²) in [5, 5.41) is 7.17. The Morgan fingerprint density at radius 3 is 2.35 bits per heavy atom. The van der Waals surface area contributed by atoms with Crippen LogP contribution in [0.4, 0.5) is 0 Å². The molecule has 31 heavy (non-hydrogen) atoms. The van der Waals surface area contributed by atoms with Gasteiger partial charge in [-0.3, -0.25) is 9.20 Å². The quantitative estimate of drug-likeness (QED) is 0.256. The van der Waals surface area contributed by atoms with Crippen LogP contribution >= 0.6 is 24.0 Å². The molecular weight excluding hydrogens is 529 g/mol. The summed E-state index contributed by atoms with van der Waals surface area (Å²) in [5.41, 5.74) is 0.969. The Balaban J connectivity index is 0.00000480. The Morgan fingerprint density at radius 2 is 1.81 bits per heavy atom. The number of aliphatic imine (C=N–C) groups is 1. The van der Waals surface area contributed by atoms with Crippen molar-refractivity contribution in [2.45, 2.75) is 57.2 Å². The molecule has 3 atom stereocenters. The Labute approximate surface area is 206 Å². The second-order valence-corrected chi connectivity index (χ2v) is 9.33. The average molecular weight is 568 g/mol. The predicted molar refractivity (Wildman–Crippen MR) is 139 cm³/mol. The van der Waals surface area contributed by atoms with Gasteiger partial charge in [0.05, 0.1) is 21.3 Å². The molecule has 0 aromatic heterocycles. The zero-order valence-electron chi connectivity index (χ0n) is 19.4. The van der Waals surface area contributed by atoms with E-state index in [1.54, 1.807) is 21.3 Å². The van der Waals surface area contributed by atoms with E-state index in [-0.39, 0.29) is 29.2 Å². The number of methoxy groups -OCH3 is 3.